The molecular weight excluding hydrogens is 387 g/mol. The van der Waals surface area contributed by atoms with Gasteiger partial charge in [0.15, 0.2) is 11.6 Å². The lowest BCUT2D eigenvalue weighted by Gasteiger charge is -2.10. The van der Waals surface area contributed by atoms with E-state index in [1.54, 1.807) is 16.9 Å². The molecule has 9 nitrogen and oxygen atoms in total. The van der Waals surface area contributed by atoms with Crippen LogP contribution in [0.25, 0.3) is 16.9 Å². The molecule has 152 valence electrons. The minimum Gasteiger partial charge on any atom is -0.319 e. The monoisotopic (exact) mass is 406 g/mol. The number of rotatable bonds is 5. The topological polar surface area (TPSA) is 103 Å². The van der Waals surface area contributed by atoms with Gasteiger partial charge in [0.2, 0.25) is 5.95 Å². The fraction of sp³-hybridized carbons (Fsp3) is 0.150. The quantitative estimate of drug-likeness (QED) is 0.493. The van der Waals surface area contributed by atoms with Crippen molar-refractivity contribution in [3.05, 3.63) is 60.5 Å². The number of halogens is 1. The highest BCUT2D eigenvalue weighted by Gasteiger charge is 2.15. The van der Waals surface area contributed by atoms with Crippen molar-refractivity contribution in [1.82, 2.24) is 29.3 Å². The molecule has 0 saturated heterocycles. The number of nitrogens with one attached hydrogen (secondary N) is 2. The van der Waals surface area contributed by atoms with Crippen LogP contribution in [0.15, 0.2) is 49.3 Å². The Hall–Kier alpha value is -4.08. The lowest BCUT2D eigenvalue weighted by atomic mass is 10.2. The van der Waals surface area contributed by atoms with Gasteiger partial charge in [-0.25, -0.2) is 14.4 Å². The van der Waals surface area contributed by atoms with Crippen molar-refractivity contribution >= 4 is 34.4 Å². The lowest BCUT2D eigenvalue weighted by molar-refractivity contribution is -0.114. The molecule has 10 heteroatoms. The number of anilines is 3. The number of hydrogen-bond acceptors (Lipinski definition) is 6. The van der Waals surface area contributed by atoms with Gasteiger partial charge in [0.25, 0.3) is 5.91 Å². The van der Waals surface area contributed by atoms with Crippen LogP contribution in [-0.4, -0.2) is 35.2 Å². The summed E-state index contributed by atoms with van der Waals surface area (Å²) >= 11 is 0. The van der Waals surface area contributed by atoms with Crippen LogP contribution in [0.2, 0.25) is 0 Å². The maximum Gasteiger partial charge on any atom is 0.283 e. The third kappa shape index (κ3) is 3.62. The van der Waals surface area contributed by atoms with Gasteiger partial charge >= 0.3 is 0 Å². The van der Waals surface area contributed by atoms with E-state index >= 15 is 0 Å². The number of amides is 1. The zero-order valence-electron chi connectivity index (χ0n) is 16.6. The van der Waals surface area contributed by atoms with Crippen molar-refractivity contribution in [3.63, 3.8) is 0 Å². The summed E-state index contributed by atoms with van der Waals surface area (Å²) < 4.78 is 16.5. The first kappa shape index (κ1) is 19.2. The van der Waals surface area contributed by atoms with E-state index in [1.165, 1.54) is 6.20 Å². The Morgan fingerprint density at radius 1 is 1.20 bits per heavy atom. The maximum atomic E-state index is 13.0. The standard InChI is InChI=1S/C20H19FN8O/c1-11-8-23-20(25-16-5-6-28(4)27-16)26-17(11)29-10-12(2)15-7-14(9-22-18(15)29)24-19(30)13(3)21/h5-10H,3H2,1-2,4H3,(H,24,30)(H,23,25,26,27). The molecule has 0 saturated carbocycles. The first-order chi connectivity index (χ1) is 14.3. The van der Waals surface area contributed by atoms with E-state index in [9.17, 15) is 9.18 Å². The van der Waals surface area contributed by atoms with Gasteiger partial charge in [0.1, 0.15) is 11.5 Å². The molecule has 0 aliphatic rings. The second-order valence-corrected chi connectivity index (χ2v) is 6.84. The summed E-state index contributed by atoms with van der Waals surface area (Å²) in [5.41, 5.74) is 2.80. The highest BCUT2D eigenvalue weighted by Crippen LogP contribution is 2.26. The summed E-state index contributed by atoms with van der Waals surface area (Å²) in [6.45, 7) is 6.82. The Balaban J connectivity index is 1.73. The van der Waals surface area contributed by atoms with Crippen LogP contribution in [0, 0.1) is 13.8 Å². The van der Waals surface area contributed by atoms with Crippen molar-refractivity contribution in [3.8, 4) is 5.82 Å². The van der Waals surface area contributed by atoms with E-state index in [1.807, 2.05) is 43.9 Å². The van der Waals surface area contributed by atoms with Gasteiger partial charge in [0, 0.05) is 42.7 Å². The van der Waals surface area contributed by atoms with Gasteiger partial charge in [-0.15, -0.1) is 0 Å². The molecule has 30 heavy (non-hydrogen) atoms. The second kappa shape index (κ2) is 7.39. The number of fused-ring (bicyclic) bond motifs is 1. The number of nitrogens with zero attached hydrogens (tertiary/aromatic N) is 6. The van der Waals surface area contributed by atoms with Crippen LogP contribution in [0.3, 0.4) is 0 Å². The predicted molar refractivity (Wildman–Crippen MR) is 112 cm³/mol. The molecule has 0 radical (unpaired) electrons. The van der Waals surface area contributed by atoms with Gasteiger partial charge in [-0.1, -0.05) is 6.58 Å². The van der Waals surface area contributed by atoms with Crippen LogP contribution in [0.5, 0.6) is 0 Å². The van der Waals surface area contributed by atoms with E-state index in [2.05, 4.69) is 37.3 Å². The van der Waals surface area contributed by atoms with E-state index in [0.717, 1.165) is 16.5 Å². The molecule has 0 spiro atoms. The molecular formula is C20H19FN8O. The Labute approximate surface area is 171 Å². The molecule has 1 amide bonds. The molecule has 0 aliphatic carbocycles. The van der Waals surface area contributed by atoms with Crippen molar-refractivity contribution in [2.45, 2.75) is 13.8 Å². The van der Waals surface area contributed by atoms with Crippen molar-refractivity contribution in [1.29, 1.82) is 0 Å². The predicted octanol–water partition coefficient (Wildman–Crippen LogP) is 3.33. The molecule has 0 unspecified atom stereocenters. The highest BCUT2D eigenvalue weighted by molar-refractivity contribution is 6.02. The Morgan fingerprint density at radius 3 is 2.70 bits per heavy atom. The summed E-state index contributed by atoms with van der Waals surface area (Å²) in [5.74, 6) is -0.269. The SMILES string of the molecule is C=C(F)C(=O)Nc1cnc2c(c1)c(C)cn2-c1nc(Nc2ccn(C)n2)ncc1C. The first-order valence-electron chi connectivity index (χ1n) is 9.06. The normalized spacial score (nSPS) is 10.9. The summed E-state index contributed by atoms with van der Waals surface area (Å²) in [4.78, 5) is 24.9. The van der Waals surface area contributed by atoms with Gasteiger partial charge in [0.05, 0.1) is 11.9 Å². The summed E-state index contributed by atoms with van der Waals surface area (Å²) in [5, 5.41) is 10.6. The molecule has 0 atom stereocenters. The van der Waals surface area contributed by atoms with Gasteiger partial charge in [-0.3, -0.25) is 14.0 Å². The molecule has 4 aromatic heterocycles. The average Bonchev–Trinajstić information content (AvgIpc) is 3.26. The number of carbonyl (C=O) groups is 1. The number of pyridine rings is 1. The molecule has 0 aromatic carbocycles. The molecule has 0 fully saturated rings. The molecule has 4 aromatic rings. The van der Waals surface area contributed by atoms with E-state index in [-0.39, 0.29) is 0 Å². The van der Waals surface area contributed by atoms with E-state index < -0.39 is 11.7 Å². The number of aryl methyl sites for hydroxylation is 3. The summed E-state index contributed by atoms with van der Waals surface area (Å²) in [6.07, 6.45) is 6.90. The third-order valence-corrected chi connectivity index (χ3v) is 4.47. The summed E-state index contributed by atoms with van der Waals surface area (Å²) in [7, 11) is 1.83. The Bertz CT molecular complexity index is 1290. The van der Waals surface area contributed by atoms with Crippen molar-refractivity contribution in [2.24, 2.45) is 7.05 Å². The van der Waals surface area contributed by atoms with E-state index in [0.29, 0.717) is 28.9 Å². The number of aromatic nitrogens is 6. The highest BCUT2D eigenvalue weighted by atomic mass is 19.1. The van der Waals surface area contributed by atoms with E-state index in [4.69, 9.17) is 0 Å². The average molecular weight is 406 g/mol. The van der Waals surface area contributed by atoms with Crippen molar-refractivity contribution in [2.75, 3.05) is 10.6 Å². The summed E-state index contributed by atoms with van der Waals surface area (Å²) in [6, 6.07) is 3.56. The van der Waals surface area contributed by atoms with Crippen LogP contribution in [0.4, 0.5) is 21.8 Å². The van der Waals surface area contributed by atoms with Crippen molar-refractivity contribution < 1.29 is 9.18 Å². The zero-order valence-corrected chi connectivity index (χ0v) is 16.6. The zero-order chi connectivity index (χ0) is 21.4. The minimum atomic E-state index is -1.06. The Kier molecular flexibility index (Phi) is 4.74. The maximum absolute atomic E-state index is 13.0. The first-order valence-corrected chi connectivity index (χ1v) is 9.06. The van der Waals surface area contributed by atoms with Gasteiger partial charge in [-0.05, 0) is 25.5 Å². The van der Waals surface area contributed by atoms with Gasteiger partial charge < -0.3 is 10.6 Å². The smallest absolute Gasteiger partial charge is 0.283 e. The van der Waals surface area contributed by atoms with Crippen LogP contribution >= 0.6 is 0 Å². The number of carbonyl (C=O) groups excluding carboxylic acids is 1. The molecule has 4 rings (SSSR count). The molecule has 0 bridgehead atoms. The molecule has 0 aliphatic heterocycles. The number of hydrogen-bond donors (Lipinski definition) is 2. The third-order valence-electron chi connectivity index (χ3n) is 4.47. The van der Waals surface area contributed by atoms with Crippen LogP contribution in [-0.2, 0) is 11.8 Å². The Morgan fingerprint density at radius 2 is 2.00 bits per heavy atom. The molecule has 2 N–H and O–H groups in total. The van der Waals surface area contributed by atoms with Gasteiger partial charge in [-0.2, -0.15) is 10.1 Å². The van der Waals surface area contributed by atoms with Crippen LogP contribution in [0.1, 0.15) is 11.1 Å². The lowest BCUT2D eigenvalue weighted by Crippen LogP contribution is -2.11. The second-order valence-electron chi connectivity index (χ2n) is 6.84. The van der Waals surface area contributed by atoms with Crippen LogP contribution < -0.4 is 10.6 Å². The largest absolute Gasteiger partial charge is 0.319 e. The fourth-order valence-electron chi connectivity index (χ4n) is 3.03. The fourth-order valence-corrected chi connectivity index (χ4v) is 3.03. The minimum absolute atomic E-state index is 0.379. The molecule has 4 heterocycles.